The molecule has 1 aromatic heterocycles. The van der Waals surface area contributed by atoms with E-state index in [9.17, 15) is 9.90 Å². The largest absolute Gasteiger partial charge is 0.481 e. The number of carboxylic acids is 1. The summed E-state index contributed by atoms with van der Waals surface area (Å²) in [7, 11) is 0. The Balaban J connectivity index is 1.72. The van der Waals surface area contributed by atoms with Gasteiger partial charge in [-0.3, -0.25) is 4.79 Å². The van der Waals surface area contributed by atoms with E-state index >= 15 is 0 Å². The summed E-state index contributed by atoms with van der Waals surface area (Å²) in [5.41, 5.74) is 7.73. The van der Waals surface area contributed by atoms with E-state index in [1.807, 2.05) is 66.7 Å². The zero-order valence-corrected chi connectivity index (χ0v) is 16.3. The third kappa shape index (κ3) is 3.43. The van der Waals surface area contributed by atoms with Crippen molar-refractivity contribution < 1.29 is 14.6 Å². The molecule has 0 radical (unpaired) electrons. The highest BCUT2D eigenvalue weighted by Crippen LogP contribution is 2.51. The SMILES string of the molecule is CC(C)(C(=O)O)[C@H]1c2ccccc2Oc2nc(N[C@@H](N)c3ccccc3)ccc21. The highest BCUT2D eigenvalue weighted by molar-refractivity contribution is 5.77. The zero-order valence-electron chi connectivity index (χ0n) is 16.3. The van der Waals surface area contributed by atoms with Gasteiger partial charge in [-0.15, -0.1) is 0 Å². The molecule has 1 aliphatic heterocycles. The van der Waals surface area contributed by atoms with E-state index in [-0.39, 0.29) is 5.92 Å². The summed E-state index contributed by atoms with van der Waals surface area (Å²) in [5, 5.41) is 13.0. The van der Waals surface area contributed by atoms with E-state index in [0.717, 1.165) is 16.7 Å². The molecule has 29 heavy (non-hydrogen) atoms. The van der Waals surface area contributed by atoms with E-state index in [1.165, 1.54) is 0 Å². The van der Waals surface area contributed by atoms with Crippen LogP contribution in [0, 0.1) is 5.41 Å². The average molecular weight is 389 g/mol. The lowest BCUT2D eigenvalue weighted by Gasteiger charge is -2.36. The van der Waals surface area contributed by atoms with Crippen LogP contribution in [0.4, 0.5) is 5.82 Å². The quantitative estimate of drug-likeness (QED) is 0.556. The van der Waals surface area contributed by atoms with Crippen molar-refractivity contribution in [1.29, 1.82) is 0 Å². The van der Waals surface area contributed by atoms with Gasteiger partial charge in [0.05, 0.1) is 5.41 Å². The van der Waals surface area contributed by atoms with Crippen molar-refractivity contribution in [2.24, 2.45) is 11.1 Å². The number of carbonyl (C=O) groups is 1. The number of aromatic nitrogens is 1. The van der Waals surface area contributed by atoms with Gasteiger partial charge in [0, 0.05) is 17.0 Å². The molecule has 0 spiro atoms. The minimum absolute atomic E-state index is 0.385. The first-order valence-electron chi connectivity index (χ1n) is 9.46. The van der Waals surface area contributed by atoms with Gasteiger partial charge in [-0.25, -0.2) is 0 Å². The summed E-state index contributed by atoms with van der Waals surface area (Å²) in [5.74, 6) is 0.318. The minimum Gasteiger partial charge on any atom is -0.481 e. The molecule has 2 aromatic carbocycles. The van der Waals surface area contributed by atoms with Gasteiger partial charge in [0.25, 0.3) is 0 Å². The smallest absolute Gasteiger partial charge is 0.310 e. The molecule has 2 heterocycles. The molecular formula is C23H23N3O3. The van der Waals surface area contributed by atoms with Crippen molar-refractivity contribution in [2.45, 2.75) is 25.9 Å². The monoisotopic (exact) mass is 389 g/mol. The Morgan fingerprint density at radius 3 is 2.48 bits per heavy atom. The zero-order chi connectivity index (χ0) is 20.6. The number of hydrogen-bond acceptors (Lipinski definition) is 5. The van der Waals surface area contributed by atoms with Crippen LogP contribution in [0.15, 0.2) is 66.7 Å². The van der Waals surface area contributed by atoms with Crippen molar-refractivity contribution in [2.75, 3.05) is 5.32 Å². The highest BCUT2D eigenvalue weighted by Gasteiger charge is 2.44. The molecule has 4 N–H and O–H groups in total. The predicted octanol–water partition coefficient (Wildman–Crippen LogP) is 4.50. The number of anilines is 1. The molecular weight excluding hydrogens is 366 g/mol. The van der Waals surface area contributed by atoms with Crippen LogP contribution in [0.2, 0.25) is 0 Å². The Labute approximate surface area is 169 Å². The summed E-state index contributed by atoms with van der Waals surface area (Å²) in [6.45, 7) is 3.45. The molecule has 3 aromatic rings. The van der Waals surface area contributed by atoms with Gasteiger partial charge in [0.1, 0.15) is 17.7 Å². The third-order valence-corrected chi connectivity index (χ3v) is 5.37. The number of nitrogens with one attached hydrogen (secondary N) is 1. The third-order valence-electron chi connectivity index (χ3n) is 5.37. The van der Waals surface area contributed by atoms with Crippen LogP contribution in [-0.2, 0) is 4.79 Å². The number of rotatable bonds is 5. The van der Waals surface area contributed by atoms with E-state index in [1.54, 1.807) is 13.8 Å². The summed E-state index contributed by atoms with van der Waals surface area (Å²) in [6, 6.07) is 20.8. The minimum atomic E-state index is -1.04. The molecule has 2 atom stereocenters. The van der Waals surface area contributed by atoms with E-state index < -0.39 is 17.6 Å². The van der Waals surface area contributed by atoms with Gasteiger partial charge in [0.2, 0.25) is 5.88 Å². The summed E-state index contributed by atoms with van der Waals surface area (Å²) in [6.07, 6.45) is -0.427. The second-order valence-electron chi connectivity index (χ2n) is 7.72. The number of hydrogen-bond donors (Lipinski definition) is 3. The summed E-state index contributed by atoms with van der Waals surface area (Å²) >= 11 is 0. The molecule has 0 saturated carbocycles. The standard InChI is InChI=1S/C23H23N3O3/c1-23(2,22(27)28)19-15-10-6-7-11-17(15)29-21-16(19)12-13-18(26-21)25-20(24)14-8-4-3-5-9-14/h3-13,19-20H,24H2,1-2H3,(H,25,26)(H,27,28)/t19-,20+/m0/s1. The van der Waals surface area contributed by atoms with Gasteiger partial charge in [-0.2, -0.15) is 4.98 Å². The topological polar surface area (TPSA) is 97.5 Å². The fourth-order valence-corrected chi connectivity index (χ4v) is 3.72. The van der Waals surface area contributed by atoms with Crippen molar-refractivity contribution in [3.63, 3.8) is 0 Å². The number of nitrogens with two attached hydrogens (primary N) is 1. The number of fused-ring (bicyclic) bond motifs is 2. The number of pyridine rings is 1. The maximum Gasteiger partial charge on any atom is 0.310 e. The molecule has 6 nitrogen and oxygen atoms in total. The number of aliphatic carboxylic acids is 1. The maximum absolute atomic E-state index is 12.0. The highest BCUT2D eigenvalue weighted by atomic mass is 16.5. The maximum atomic E-state index is 12.0. The Morgan fingerprint density at radius 2 is 1.76 bits per heavy atom. The summed E-state index contributed by atoms with van der Waals surface area (Å²) in [4.78, 5) is 16.6. The normalized spacial score (nSPS) is 16.2. The van der Waals surface area contributed by atoms with Crippen LogP contribution < -0.4 is 15.8 Å². The first-order valence-corrected chi connectivity index (χ1v) is 9.46. The van der Waals surface area contributed by atoms with Crippen molar-refractivity contribution in [3.05, 3.63) is 83.4 Å². The van der Waals surface area contributed by atoms with Crippen LogP contribution in [0.5, 0.6) is 11.6 Å². The van der Waals surface area contributed by atoms with Crippen molar-refractivity contribution in [3.8, 4) is 11.6 Å². The average Bonchev–Trinajstić information content (AvgIpc) is 2.72. The van der Waals surface area contributed by atoms with Gasteiger partial charge >= 0.3 is 5.97 Å². The van der Waals surface area contributed by atoms with E-state index in [0.29, 0.717) is 17.4 Å². The molecule has 0 bridgehead atoms. The van der Waals surface area contributed by atoms with Crippen LogP contribution in [0.3, 0.4) is 0 Å². The lowest BCUT2D eigenvalue weighted by molar-refractivity contribution is -0.147. The Morgan fingerprint density at radius 1 is 1.07 bits per heavy atom. The predicted molar refractivity (Wildman–Crippen MR) is 111 cm³/mol. The van der Waals surface area contributed by atoms with Crippen molar-refractivity contribution >= 4 is 11.8 Å². The Hall–Kier alpha value is -3.38. The Bertz CT molecular complexity index is 1050. The molecule has 4 rings (SSSR count). The molecule has 0 fully saturated rings. The lowest BCUT2D eigenvalue weighted by atomic mass is 9.70. The van der Waals surface area contributed by atoms with Crippen molar-refractivity contribution in [1.82, 2.24) is 4.98 Å². The molecule has 0 aliphatic carbocycles. The van der Waals surface area contributed by atoms with Gasteiger partial charge < -0.3 is 20.9 Å². The number of ether oxygens (including phenoxy) is 1. The molecule has 148 valence electrons. The number of para-hydroxylation sites is 1. The van der Waals surface area contributed by atoms with E-state index in [4.69, 9.17) is 10.5 Å². The van der Waals surface area contributed by atoms with Gasteiger partial charge in [-0.1, -0.05) is 48.5 Å². The number of nitrogens with zero attached hydrogens (tertiary/aromatic N) is 1. The Kier molecular flexibility index (Phi) is 4.72. The first kappa shape index (κ1) is 19.0. The van der Waals surface area contributed by atoms with Crippen LogP contribution in [-0.4, -0.2) is 16.1 Å². The van der Waals surface area contributed by atoms with Gasteiger partial charge in [-0.05, 0) is 37.6 Å². The molecule has 0 amide bonds. The van der Waals surface area contributed by atoms with Crippen LogP contribution in [0.1, 0.15) is 42.6 Å². The van der Waals surface area contributed by atoms with Gasteiger partial charge in [0.15, 0.2) is 0 Å². The second kappa shape index (κ2) is 7.22. The molecule has 0 saturated heterocycles. The molecule has 1 aliphatic rings. The van der Waals surface area contributed by atoms with E-state index in [2.05, 4.69) is 10.3 Å². The summed E-state index contributed by atoms with van der Waals surface area (Å²) < 4.78 is 6.03. The molecule has 6 heteroatoms. The number of benzene rings is 2. The molecule has 0 unspecified atom stereocenters. The fraction of sp³-hybridized carbons (Fsp3) is 0.217. The second-order valence-corrected chi connectivity index (χ2v) is 7.72. The lowest BCUT2D eigenvalue weighted by Crippen LogP contribution is -2.34. The number of carboxylic acid groups (broad SMARTS) is 1. The fourth-order valence-electron chi connectivity index (χ4n) is 3.72. The van der Waals surface area contributed by atoms with Crippen LogP contribution >= 0.6 is 0 Å². The van der Waals surface area contributed by atoms with Crippen LogP contribution in [0.25, 0.3) is 0 Å². The first-order chi connectivity index (χ1) is 13.9.